The summed E-state index contributed by atoms with van der Waals surface area (Å²) in [6.45, 7) is 2.10. The van der Waals surface area contributed by atoms with Gasteiger partial charge in [0.05, 0.1) is 29.9 Å². The second-order valence-corrected chi connectivity index (χ2v) is 10.2. The highest BCUT2D eigenvalue weighted by Crippen LogP contribution is 2.39. The first kappa shape index (κ1) is 26.2. The average Bonchev–Trinajstić information content (AvgIpc) is 3.38. The van der Waals surface area contributed by atoms with Crippen LogP contribution in [0, 0.1) is 6.92 Å². The molecule has 2 heterocycles. The Morgan fingerprint density at radius 1 is 1.08 bits per heavy atom. The number of ether oxygens (including phenoxy) is 1. The maximum absolute atomic E-state index is 6.31. The van der Waals surface area contributed by atoms with Crippen LogP contribution in [-0.2, 0) is 14.1 Å². The first-order valence-electron chi connectivity index (χ1n) is 11.3. The van der Waals surface area contributed by atoms with Gasteiger partial charge in [0.1, 0.15) is 10.8 Å². The van der Waals surface area contributed by atoms with Crippen LogP contribution in [0.25, 0.3) is 44.0 Å². The quantitative estimate of drug-likeness (QED) is 0.175. The number of thiazole rings is 1. The third kappa shape index (κ3) is 4.89. The van der Waals surface area contributed by atoms with Gasteiger partial charge < -0.3 is 33.6 Å². The van der Waals surface area contributed by atoms with E-state index in [1.165, 1.54) is 11.0 Å². The Hall–Kier alpha value is -2.82. The molecule has 2 aromatic heterocycles. The van der Waals surface area contributed by atoms with Gasteiger partial charge in [-0.05, 0) is 67.2 Å². The number of halogens is 1. The molecule has 0 amide bonds. The lowest BCUT2D eigenvalue weighted by Gasteiger charge is -2.18. The van der Waals surface area contributed by atoms with Gasteiger partial charge in [-0.2, -0.15) is 0 Å². The van der Waals surface area contributed by atoms with Gasteiger partial charge in [-0.3, -0.25) is 0 Å². The van der Waals surface area contributed by atoms with Crippen molar-refractivity contribution in [1.82, 2.24) is 14.5 Å². The summed E-state index contributed by atoms with van der Waals surface area (Å²) >= 11 is 7.20. The van der Waals surface area contributed by atoms with Crippen LogP contribution in [0.1, 0.15) is 17.0 Å². The lowest BCUT2D eigenvalue weighted by molar-refractivity contribution is -0.647. The van der Waals surface area contributed by atoms with Crippen LogP contribution in [0.15, 0.2) is 60.7 Å². The molecule has 0 spiro atoms. The van der Waals surface area contributed by atoms with E-state index >= 15 is 0 Å². The highest BCUT2D eigenvalue weighted by atomic mass is 127. The van der Waals surface area contributed by atoms with Crippen LogP contribution in [0.5, 0.6) is 5.75 Å². The van der Waals surface area contributed by atoms with E-state index in [1.54, 1.807) is 16.2 Å². The molecule has 5 aromatic rings. The fourth-order valence-corrected chi connectivity index (χ4v) is 5.32. The van der Waals surface area contributed by atoms with E-state index in [0.29, 0.717) is 10.9 Å². The predicted molar refractivity (Wildman–Crippen MR) is 150 cm³/mol. The summed E-state index contributed by atoms with van der Waals surface area (Å²) in [5.74, 6) is 1.79. The Bertz CT molecular complexity index is 1550. The molecule has 0 bridgehead atoms. The van der Waals surface area contributed by atoms with Gasteiger partial charge in [-0.15, -0.1) is 11.3 Å². The molecule has 0 fully saturated rings. The molecule has 0 atom stereocenters. The number of rotatable bonds is 4. The van der Waals surface area contributed by atoms with Crippen LogP contribution in [0.4, 0.5) is 0 Å². The van der Waals surface area contributed by atoms with Gasteiger partial charge in [0.2, 0.25) is 0 Å². The van der Waals surface area contributed by atoms with Crippen molar-refractivity contribution in [3.05, 3.63) is 77.6 Å². The van der Waals surface area contributed by atoms with Crippen molar-refractivity contribution in [1.29, 1.82) is 0 Å². The zero-order chi connectivity index (χ0) is 24.7. The molecular weight excluding hydrogens is 599 g/mol. The molecule has 36 heavy (non-hydrogen) atoms. The minimum atomic E-state index is 0. The lowest BCUT2D eigenvalue weighted by Crippen LogP contribution is -3.00. The van der Waals surface area contributed by atoms with Crippen molar-refractivity contribution in [3.63, 3.8) is 0 Å². The smallest absolute Gasteiger partial charge is 0.281 e. The molecule has 3 aromatic carbocycles. The summed E-state index contributed by atoms with van der Waals surface area (Å²) in [6, 6.07) is 20.8. The van der Waals surface area contributed by atoms with Crippen LogP contribution >= 0.6 is 23.6 Å². The molecule has 0 aliphatic heterocycles. The highest BCUT2D eigenvalue weighted by molar-refractivity contribution is 7.80. The summed E-state index contributed by atoms with van der Waals surface area (Å²) in [6.07, 6.45) is 4.23. The number of benzene rings is 3. The van der Waals surface area contributed by atoms with Crippen LogP contribution in [-0.4, -0.2) is 33.7 Å². The largest absolute Gasteiger partial charge is 1.00 e. The summed E-state index contributed by atoms with van der Waals surface area (Å²) in [5.41, 5.74) is 6.36. The molecule has 0 aliphatic carbocycles. The topological polar surface area (TPSA) is 34.2 Å². The van der Waals surface area contributed by atoms with Gasteiger partial charge in [-0.25, -0.2) is 14.1 Å². The molecular formula is C28H27IN4OS2. The highest BCUT2D eigenvalue weighted by Gasteiger charge is 2.20. The first-order valence-corrected chi connectivity index (χ1v) is 12.6. The minimum Gasteiger partial charge on any atom is -1.00 e. The van der Waals surface area contributed by atoms with Crippen molar-refractivity contribution in [3.8, 4) is 16.3 Å². The number of imidazole rings is 1. The van der Waals surface area contributed by atoms with E-state index in [9.17, 15) is 0 Å². The summed E-state index contributed by atoms with van der Waals surface area (Å²) < 4.78 is 11.8. The molecule has 8 heteroatoms. The molecule has 0 aliphatic rings. The molecule has 5 nitrogen and oxygen atoms in total. The maximum atomic E-state index is 6.31. The molecule has 0 saturated heterocycles. The summed E-state index contributed by atoms with van der Waals surface area (Å²) in [5, 5.41) is 1.32. The molecule has 0 radical (unpaired) electrons. The number of para-hydroxylation sites is 3. The maximum Gasteiger partial charge on any atom is 0.281 e. The van der Waals surface area contributed by atoms with Gasteiger partial charge in [0.25, 0.3) is 11.0 Å². The zero-order valence-electron chi connectivity index (χ0n) is 20.8. The van der Waals surface area contributed by atoms with E-state index in [4.69, 9.17) is 21.9 Å². The van der Waals surface area contributed by atoms with Gasteiger partial charge in [0, 0.05) is 25.7 Å². The fourth-order valence-electron chi connectivity index (χ4n) is 4.25. The van der Waals surface area contributed by atoms with E-state index in [-0.39, 0.29) is 24.0 Å². The van der Waals surface area contributed by atoms with Crippen LogP contribution in [0.2, 0.25) is 0 Å². The second kappa shape index (κ2) is 10.7. The van der Waals surface area contributed by atoms with Crippen LogP contribution in [0.3, 0.4) is 0 Å². The standard InChI is InChI=1S/C28H27N4OS2.HI/c1-18-16-19(14-15-25-31(4)22-11-7-8-12-23(22)32(25)5)26(33-28(34)30(2)3)20(17-18)27-29-21-10-6-9-13-24(21)35-27;/h6-17H,1-5H3;1H/q+1;/p-1/b15-14+;. The van der Waals surface area contributed by atoms with Crippen molar-refractivity contribution < 1.29 is 33.3 Å². The van der Waals surface area contributed by atoms with Crippen molar-refractivity contribution in [2.75, 3.05) is 14.1 Å². The van der Waals surface area contributed by atoms with Gasteiger partial charge in [-0.1, -0.05) is 24.3 Å². The number of hydrogen-bond acceptors (Lipinski definition) is 4. The Morgan fingerprint density at radius 3 is 2.53 bits per heavy atom. The molecule has 0 saturated carbocycles. The molecule has 0 unspecified atom stereocenters. The van der Waals surface area contributed by atoms with Gasteiger partial charge >= 0.3 is 0 Å². The second-order valence-electron chi connectivity index (χ2n) is 8.78. The number of thiocarbonyl (C=S) groups is 1. The number of fused-ring (bicyclic) bond motifs is 2. The summed E-state index contributed by atoms with van der Waals surface area (Å²) in [7, 11) is 7.95. The molecule has 0 N–H and O–H groups in total. The molecule has 5 rings (SSSR count). The van der Waals surface area contributed by atoms with Crippen LogP contribution < -0.4 is 33.3 Å². The van der Waals surface area contributed by atoms with E-state index in [1.807, 2.05) is 32.3 Å². The number of nitrogens with zero attached hydrogens (tertiary/aromatic N) is 4. The Balaban J connectivity index is 0.00000304. The number of aryl methyl sites for hydroxylation is 3. The number of hydrogen-bond donors (Lipinski definition) is 0. The minimum absolute atomic E-state index is 0. The monoisotopic (exact) mass is 626 g/mol. The lowest BCUT2D eigenvalue weighted by atomic mass is 10.0. The SMILES string of the molecule is Cc1cc(/C=C/c2n(C)c3ccccc3[n+]2C)c(OC(=S)N(C)C)c(-c2nc3ccccc3s2)c1.[I-]. The third-order valence-corrected chi connectivity index (χ3v) is 7.56. The van der Waals surface area contributed by atoms with Crippen molar-refractivity contribution in [2.24, 2.45) is 14.1 Å². The van der Waals surface area contributed by atoms with E-state index in [2.05, 4.69) is 84.8 Å². The normalized spacial score (nSPS) is 11.2. The van der Waals surface area contributed by atoms with E-state index in [0.717, 1.165) is 37.7 Å². The predicted octanol–water partition coefficient (Wildman–Crippen LogP) is 2.99. The molecule has 184 valence electrons. The van der Waals surface area contributed by atoms with Crippen molar-refractivity contribution in [2.45, 2.75) is 6.92 Å². The third-order valence-electron chi connectivity index (χ3n) is 6.04. The Labute approximate surface area is 237 Å². The van der Waals surface area contributed by atoms with Crippen molar-refractivity contribution >= 4 is 62.1 Å². The van der Waals surface area contributed by atoms with Gasteiger partial charge in [0.15, 0.2) is 11.0 Å². The zero-order valence-corrected chi connectivity index (χ0v) is 24.6. The van der Waals surface area contributed by atoms with E-state index < -0.39 is 0 Å². The average molecular weight is 627 g/mol. The number of aromatic nitrogens is 3. The summed E-state index contributed by atoms with van der Waals surface area (Å²) in [4.78, 5) is 6.70. The Morgan fingerprint density at radius 2 is 1.81 bits per heavy atom. The fraction of sp³-hybridized carbons (Fsp3) is 0.179. The first-order chi connectivity index (χ1) is 16.8. The Kier molecular flexibility index (Phi) is 7.77.